The summed E-state index contributed by atoms with van der Waals surface area (Å²) in [4.78, 5) is 24.3. The van der Waals surface area contributed by atoms with Gasteiger partial charge in [-0.1, -0.05) is 0 Å². The molecule has 0 aliphatic carbocycles. The highest BCUT2D eigenvalue weighted by atomic mass is 16.5. The van der Waals surface area contributed by atoms with E-state index in [9.17, 15) is 9.59 Å². The van der Waals surface area contributed by atoms with Crippen LogP contribution in [-0.2, 0) is 23.1 Å². The number of fused-ring (bicyclic) bond motifs is 1. The number of carbonyl (C=O) groups is 2. The van der Waals surface area contributed by atoms with Gasteiger partial charge in [0.25, 0.3) is 0 Å². The summed E-state index contributed by atoms with van der Waals surface area (Å²) in [6, 6.07) is 3.65. The molecule has 2 aromatic heterocycles. The Bertz CT molecular complexity index is 704. The van der Waals surface area contributed by atoms with Gasteiger partial charge in [0.1, 0.15) is 12.2 Å². The topological polar surface area (TPSA) is 65.3 Å². The number of esters is 1. The molecule has 0 radical (unpaired) electrons. The maximum absolute atomic E-state index is 12.2. The van der Waals surface area contributed by atoms with Gasteiger partial charge in [-0.15, -0.1) is 0 Å². The standard InChI is InChI=1S/C16H23N3O3/c1-6-22-15(21)13-9-12-11(7-8-18(12)5)19(13)10-14(20)17-16(2,3)4/h7-9H,6,10H2,1-5H3,(H,17,20). The molecule has 22 heavy (non-hydrogen) atoms. The number of nitrogens with zero attached hydrogens (tertiary/aromatic N) is 2. The van der Waals surface area contributed by atoms with Crippen LogP contribution in [0, 0.1) is 0 Å². The first-order chi connectivity index (χ1) is 10.2. The van der Waals surface area contributed by atoms with Crippen molar-refractivity contribution in [2.75, 3.05) is 6.61 Å². The third kappa shape index (κ3) is 3.32. The molecule has 2 heterocycles. The van der Waals surface area contributed by atoms with Crippen LogP contribution in [0.25, 0.3) is 11.0 Å². The van der Waals surface area contributed by atoms with Crippen LogP contribution in [0.5, 0.6) is 0 Å². The number of aromatic nitrogens is 2. The van der Waals surface area contributed by atoms with Crippen LogP contribution in [0.4, 0.5) is 0 Å². The Kier molecular flexibility index (Phi) is 4.30. The average Bonchev–Trinajstić information content (AvgIpc) is 2.89. The lowest BCUT2D eigenvalue weighted by molar-refractivity contribution is -0.123. The summed E-state index contributed by atoms with van der Waals surface area (Å²) in [6.07, 6.45) is 1.90. The smallest absolute Gasteiger partial charge is 0.355 e. The number of nitrogens with one attached hydrogen (secondary N) is 1. The van der Waals surface area contributed by atoms with E-state index < -0.39 is 5.97 Å². The molecule has 1 N–H and O–H groups in total. The van der Waals surface area contributed by atoms with E-state index in [1.54, 1.807) is 17.6 Å². The Morgan fingerprint density at radius 2 is 1.95 bits per heavy atom. The number of rotatable bonds is 4. The summed E-state index contributed by atoms with van der Waals surface area (Å²) in [6.45, 7) is 7.91. The number of hydrogen-bond donors (Lipinski definition) is 1. The molecular formula is C16H23N3O3. The van der Waals surface area contributed by atoms with E-state index in [1.165, 1.54) is 0 Å². The molecule has 0 aliphatic rings. The van der Waals surface area contributed by atoms with Gasteiger partial charge in [0.05, 0.1) is 17.6 Å². The minimum atomic E-state index is -0.415. The second kappa shape index (κ2) is 5.87. The molecule has 0 aliphatic heterocycles. The summed E-state index contributed by atoms with van der Waals surface area (Å²) >= 11 is 0. The van der Waals surface area contributed by atoms with E-state index in [-0.39, 0.29) is 18.0 Å². The third-order valence-electron chi connectivity index (χ3n) is 3.25. The molecule has 120 valence electrons. The first-order valence-electron chi connectivity index (χ1n) is 7.35. The monoisotopic (exact) mass is 305 g/mol. The molecule has 0 spiro atoms. The van der Waals surface area contributed by atoms with Crippen molar-refractivity contribution < 1.29 is 14.3 Å². The maximum atomic E-state index is 12.2. The highest BCUT2D eigenvalue weighted by Crippen LogP contribution is 2.21. The van der Waals surface area contributed by atoms with Gasteiger partial charge in [0, 0.05) is 18.8 Å². The van der Waals surface area contributed by atoms with E-state index in [4.69, 9.17) is 4.74 Å². The molecule has 0 atom stereocenters. The molecule has 0 unspecified atom stereocenters. The summed E-state index contributed by atoms with van der Waals surface area (Å²) in [5, 5.41) is 2.91. The first-order valence-corrected chi connectivity index (χ1v) is 7.35. The lowest BCUT2D eigenvalue weighted by atomic mass is 10.1. The molecular weight excluding hydrogens is 282 g/mol. The molecule has 0 aromatic carbocycles. The molecule has 6 heteroatoms. The van der Waals surface area contributed by atoms with Crippen molar-refractivity contribution in [2.45, 2.75) is 39.8 Å². The summed E-state index contributed by atoms with van der Waals surface area (Å²) < 4.78 is 8.70. The molecule has 0 saturated carbocycles. The van der Waals surface area contributed by atoms with Gasteiger partial charge >= 0.3 is 5.97 Å². The zero-order chi connectivity index (χ0) is 16.5. The van der Waals surface area contributed by atoms with Crippen LogP contribution in [0.1, 0.15) is 38.2 Å². The molecule has 2 rings (SSSR count). The normalized spacial score (nSPS) is 11.7. The van der Waals surface area contributed by atoms with Crippen LogP contribution < -0.4 is 5.32 Å². The van der Waals surface area contributed by atoms with Crippen molar-refractivity contribution in [3.05, 3.63) is 24.0 Å². The second-order valence-electron chi connectivity index (χ2n) is 6.33. The largest absolute Gasteiger partial charge is 0.461 e. The Morgan fingerprint density at radius 3 is 2.55 bits per heavy atom. The van der Waals surface area contributed by atoms with E-state index in [2.05, 4.69) is 5.32 Å². The van der Waals surface area contributed by atoms with Crippen LogP contribution >= 0.6 is 0 Å². The van der Waals surface area contributed by atoms with E-state index in [1.807, 2.05) is 44.6 Å². The first kappa shape index (κ1) is 16.1. The molecule has 0 bridgehead atoms. The summed E-state index contributed by atoms with van der Waals surface area (Å²) in [5.41, 5.74) is 1.82. The van der Waals surface area contributed by atoms with Crippen LogP contribution in [0.2, 0.25) is 0 Å². The SMILES string of the molecule is CCOC(=O)c1cc2c(ccn2C)n1CC(=O)NC(C)(C)C. The van der Waals surface area contributed by atoms with Crippen molar-refractivity contribution in [1.29, 1.82) is 0 Å². The van der Waals surface area contributed by atoms with Gasteiger partial charge in [0.15, 0.2) is 0 Å². The van der Waals surface area contributed by atoms with Crippen molar-refractivity contribution in [3.8, 4) is 0 Å². The predicted molar refractivity (Wildman–Crippen MR) is 84.8 cm³/mol. The number of aryl methyl sites for hydroxylation is 1. The fourth-order valence-electron chi connectivity index (χ4n) is 2.42. The fourth-order valence-corrected chi connectivity index (χ4v) is 2.42. The van der Waals surface area contributed by atoms with Crippen molar-refractivity contribution in [1.82, 2.24) is 14.5 Å². The number of ether oxygens (including phenoxy) is 1. The van der Waals surface area contributed by atoms with Gasteiger partial charge in [-0.3, -0.25) is 4.79 Å². The Balaban J connectivity index is 2.39. The van der Waals surface area contributed by atoms with Gasteiger partial charge in [-0.25, -0.2) is 4.79 Å². The zero-order valence-electron chi connectivity index (χ0n) is 13.8. The van der Waals surface area contributed by atoms with Crippen molar-refractivity contribution >= 4 is 22.9 Å². The fraction of sp³-hybridized carbons (Fsp3) is 0.500. The zero-order valence-corrected chi connectivity index (χ0v) is 13.8. The highest BCUT2D eigenvalue weighted by Gasteiger charge is 2.21. The third-order valence-corrected chi connectivity index (χ3v) is 3.25. The molecule has 2 aromatic rings. The van der Waals surface area contributed by atoms with Crippen molar-refractivity contribution in [2.24, 2.45) is 7.05 Å². The molecule has 0 fully saturated rings. The van der Waals surface area contributed by atoms with E-state index >= 15 is 0 Å². The maximum Gasteiger partial charge on any atom is 0.355 e. The van der Waals surface area contributed by atoms with Crippen LogP contribution in [0.3, 0.4) is 0 Å². The van der Waals surface area contributed by atoms with Gasteiger partial charge in [-0.2, -0.15) is 0 Å². The Labute approximate surface area is 130 Å². The Morgan fingerprint density at radius 1 is 1.27 bits per heavy atom. The van der Waals surface area contributed by atoms with Gasteiger partial charge in [-0.05, 0) is 39.8 Å². The number of carbonyl (C=O) groups excluding carboxylic acids is 2. The lowest BCUT2D eigenvalue weighted by Crippen LogP contribution is -2.42. The quantitative estimate of drug-likeness (QED) is 0.879. The van der Waals surface area contributed by atoms with E-state index in [0.29, 0.717) is 12.3 Å². The van der Waals surface area contributed by atoms with Crippen LogP contribution in [-0.4, -0.2) is 33.2 Å². The van der Waals surface area contributed by atoms with Gasteiger partial charge in [0.2, 0.25) is 5.91 Å². The number of hydrogen-bond acceptors (Lipinski definition) is 3. The van der Waals surface area contributed by atoms with Gasteiger partial charge < -0.3 is 19.2 Å². The minimum absolute atomic E-state index is 0.0823. The molecule has 0 saturated heterocycles. The second-order valence-corrected chi connectivity index (χ2v) is 6.33. The molecule has 1 amide bonds. The van der Waals surface area contributed by atoms with Crippen molar-refractivity contribution in [3.63, 3.8) is 0 Å². The highest BCUT2D eigenvalue weighted by molar-refractivity contribution is 5.96. The minimum Gasteiger partial charge on any atom is -0.461 e. The predicted octanol–water partition coefficient (Wildman–Crippen LogP) is 2.07. The molecule has 6 nitrogen and oxygen atoms in total. The summed E-state index contributed by atoms with van der Waals surface area (Å²) in [5.74, 6) is -0.554. The lowest BCUT2D eigenvalue weighted by Gasteiger charge is -2.21. The summed E-state index contributed by atoms with van der Waals surface area (Å²) in [7, 11) is 1.90. The van der Waals surface area contributed by atoms with Crippen LogP contribution in [0.15, 0.2) is 18.3 Å². The average molecular weight is 305 g/mol. The number of amides is 1. The van der Waals surface area contributed by atoms with E-state index in [0.717, 1.165) is 11.0 Å². The Hall–Kier alpha value is -2.24.